The second-order valence-corrected chi connectivity index (χ2v) is 5.93. The first-order chi connectivity index (χ1) is 10.9. The van der Waals surface area contributed by atoms with Crippen LogP contribution in [0.5, 0.6) is 0 Å². The molecule has 23 heavy (non-hydrogen) atoms. The smallest absolute Gasteiger partial charge is 0.185 e. The number of aliphatic imine (C=N–C) groups is 1. The maximum absolute atomic E-state index is 10.0. The van der Waals surface area contributed by atoms with Gasteiger partial charge in [-0.3, -0.25) is 10.4 Å². The van der Waals surface area contributed by atoms with Gasteiger partial charge in [0.2, 0.25) is 0 Å². The fourth-order valence-electron chi connectivity index (χ4n) is 2.35. The van der Waals surface area contributed by atoms with Gasteiger partial charge in [0.05, 0.1) is 6.10 Å². The van der Waals surface area contributed by atoms with Crippen molar-refractivity contribution in [3.8, 4) is 0 Å². The number of aliphatic hydroxyl groups excluding tert-OH is 1. The highest BCUT2D eigenvalue weighted by atomic mass is 16.3. The summed E-state index contributed by atoms with van der Waals surface area (Å²) in [6.07, 6.45) is 8.39. The highest BCUT2D eigenvalue weighted by molar-refractivity contribution is 5.75. The van der Waals surface area contributed by atoms with E-state index in [1.807, 2.05) is 0 Å². The number of unbranched alkanes of at least 4 members (excludes halogenated alkanes) is 5. The van der Waals surface area contributed by atoms with Crippen LogP contribution >= 0.6 is 0 Å². The molecule has 0 aliphatic carbocycles. The Morgan fingerprint density at radius 1 is 0.957 bits per heavy atom. The summed E-state index contributed by atoms with van der Waals surface area (Å²) in [5.41, 5.74) is 21.6. The molecule has 136 valence electrons. The number of rotatable bonds is 14. The number of nitrogens with two attached hydrogens (primary N) is 4. The average molecular weight is 329 g/mol. The molecule has 0 amide bonds. The van der Waals surface area contributed by atoms with Gasteiger partial charge in [0.15, 0.2) is 11.9 Å². The second-order valence-electron chi connectivity index (χ2n) is 5.93. The summed E-state index contributed by atoms with van der Waals surface area (Å²) in [6, 6.07) is -0.207. The largest absolute Gasteiger partial charge is 0.392 e. The predicted octanol–water partition coefficient (Wildman–Crippen LogP) is -0.0580. The van der Waals surface area contributed by atoms with Crippen LogP contribution in [-0.4, -0.2) is 42.3 Å². The van der Waals surface area contributed by atoms with Gasteiger partial charge in [-0.05, 0) is 25.7 Å². The van der Waals surface area contributed by atoms with Gasteiger partial charge in [-0.2, -0.15) is 0 Å². The van der Waals surface area contributed by atoms with E-state index in [0.29, 0.717) is 6.54 Å². The Balaban J connectivity index is 3.42. The molecule has 0 rings (SSSR count). The zero-order chi connectivity index (χ0) is 17.5. The Morgan fingerprint density at radius 3 is 2.17 bits per heavy atom. The van der Waals surface area contributed by atoms with E-state index in [4.69, 9.17) is 28.3 Å². The van der Waals surface area contributed by atoms with E-state index >= 15 is 0 Å². The summed E-state index contributed by atoms with van der Waals surface area (Å²) in [6.45, 7) is 1.32. The quantitative estimate of drug-likeness (QED) is 0.133. The second kappa shape index (κ2) is 14.1. The third-order valence-electron chi connectivity index (χ3n) is 3.73. The zero-order valence-electron chi connectivity index (χ0n) is 14.1. The average Bonchev–Trinajstić information content (AvgIpc) is 2.48. The molecular formula is C15H35N7O. The molecule has 0 radical (unpaired) electrons. The van der Waals surface area contributed by atoms with E-state index in [9.17, 15) is 5.11 Å². The van der Waals surface area contributed by atoms with Crippen molar-refractivity contribution in [3.05, 3.63) is 0 Å². The van der Waals surface area contributed by atoms with Crippen LogP contribution in [0.3, 0.4) is 0 Å². The van der Waals surface area contributed by atoms with Gasteiger partial charge in [0.25, 0.3) is 0 Å². The van der Waals surface area contributed by atoms with E-state index in [1.165, 1.54) is 6.42 Å². The van der Waals surface area contributed by atoms with Crippen molar-refractivity contribution in [1.82, 2.24) is 5.32 Å². The molecular weight excluding hydrogens is 294 g/mol. The Bertz CT molecular complexity index is 332. The number of hydrogen-bond donors (Lipinski definition) is 7. The molecule has 0 heterocycles. The number of nitrogens with zero attached hydrogens (tertiary/aromatic N) is 1. The lowest BCUT2D eigenvalue weighted by molar-refractivity contribution is 0.127. The van der Waals surface area contributed by atoms with E-state index in [2.05, 4.69) is 10.3 Å². The Labute approximate surface area is 139 Å². The summed E-state index contributed by atoms with van der Waals surface area (Å²) in [5.74, 6) is 0.129. The molecule has 8 heteroatoms. The highest BCUT2D eigenvalue weighted by Gasteiger charge is 2.13. The van der Waals surface area contributed by atoms with Crippen LogP contribution in [0.25, 0.3) is 0 Å². The number of nitrogens with one attached hydrogen (secondary N) is 2. The first-order valence-electron chi connectivity index (χ1n) is 8.50. The van der Waals surface area contributed by atoms with Crippen molar-refractivity contribution >= 4 is 11.9 Å². The molecule has 8 nitrogen and oxygen atoms in total. The van der Waals surface area contributed by atoms with Crippen LogP contribution < -0.4 is 28.3 Å². The summed E-state index contributed by atoms with van der Waals surface area (Å²) in [7, 11) is 0. The summed E-state index contributed by atoms with van der Waals surface area (Å²) >= 11 is 0. The van der Waals surface area contributed by atoms with Gasteiger partial charge in [0.1, 0.15) is 0 Å². The number of aliphatic hydroxyl groups is 1. The van der Waals surface area contributed by atoms with Crippen molar-refractivity contribution < 1.29 is 5.11 Å². The third-order valence-corrected chi connectivity index (χ3v) is 3.73. The first kappa shape index (κ1) is 21.5. The zero-order valence-corrected chi connectivity index (χ0v) is 14.1. The van der Waals surface area contributed by atoms with Crippen molar-refractivity contribution in [3.63, 3.8) is 0 Å². The van der Waals surface area contributed by atoms with E-state index in [0.717, 1.165) is 57.9 Å². The maximum Gasteiger partial charge on any atom is 0.185 e. The Hall–Kier alpha value is -1.54. The standard InChI is InChI=1S/C15H35N7O/c16-12(8-7-11-22-15(19)20)13(23)9-5-3-1-2-4-6-10-21-14(17)18/h12-13,23H,1-11,16H2,(H4,17,18,21)(H4,19,20,22). The Kier molecular flexibility index (Phi) is 13.1. The fraction of sp³-hybridized carbons (Fsp3) is 0.867. The van der Waals surface area contributed by atoms with Crippen molar-refractivity contribution in [2.75, 3.05) is 13.1 Å². The van der Waals surface area contributed by atoms with Gasteiger partial charge >= 0.3 is 0 Å². The minimum atomic E-state index is -0.450. The molecule has 0 aliphatic rings. The van der Waals surface area contributed by atoms with Gasteiger partial charge in [-0.25, -0.2) is 0 Å². The molecule has 0 aliphatic heterocycles. The summed E-state index contributed by atoms with van der Waals surface area (Å²) in [4.78, 5) is 3.89. The maximum atomic E-state index is 10.0. The molecule has 11 N–H and O–H groups in total. The normalized spacial score (nSPS) is 13.3. The molecule has 2 atom stereocenters. The molecule has 0 saturated carbocycles. The number of hydrogen-bond acceptors (Lipinski definition) is 4. The molecule has 0 aromatic heterocycles. The molecule has 0 bridgehead atoms. The monoisotopic (exact) mass is 329 g/mol. The van der Waals surface area contributed by atoms with Crippen LogP contribution in [0.4, 0.5) is 0 Å². The van der Waals surface area contributed by atoms with Crippen molar-refractivity contribution in [1.29, 1.82) is 5.41 Å². The molecule has 0 spiro atoms. The summed E-state index contributed by atoms with van der Waals surface area (Å²) in [5, 5.41) is 19.8. The van der Waals surface area contributed by atoms with Crippen LogP contribution in [0.1, 0.15) is 57.8 Å². The SMILES string of the molecule is N=C(N)NCCCCCCCCC(O)C(N)CCCN=C(N)N. The van der Waals surface area contributed by atoms with E-state index in [-0.39, 0.29) is 18.0 Å². The van der Waals surface area contributed by atoms with Crippen LogP contribution in [0, 0.1) is 5.41 Å². The van der Waals surface area contributed by atoms with Crippen LogP contribution in [0.15, 0.2) is 4.99 Å². The van der Waals surface area contributed by atoms with Crippen LogP contribution in [0.2, 0.25) is 0 Å². The fourth-order valence-corrected chi connectivity index (χ4v) is 2.35. The van der Waals surface area contributed by atoms with Crippen molar-refractivity contribution in [2.45, 2.75) is 69.9 Å². The first-order valence-corrected chi connectivity index (χ1v) is 8.50. The lowest BCUT2D eigenvalue weighted by Gasteiger charge is -2.18. The number of guanidine groups is 2. The van der Waals surface area contributed by atoms with Gasteiger partial charge in [-0.1, -0.05) is 32.1 Å². The lowest BCUT2D eigenvalue weighted by atomic mass is 10.00. The minimum Gasteiger partial charge on any atom is -0.392 e. The predicted molar refractivity (Wildman–Crippen MR) is 96.1 cm³/mol. The van der Waals surface area contributed by atoms with E-state index < -0.39 is 6.10 Å². The third kappa shape index (κ3) is 15.1. The van der Waals surface area contributed by atoms with Crippen molar-refractivity contribution in [2.24, 2.45) is 27.9 Å². The summed E-state index contributed by atoms with van der Waals surface area (Å²) < 4.78 is 0. The lowest BCUT2D eigenvalue weighted by Crippen LogP contribution is -2.34. The minimum absolute atomic E-state index is 0.0358. The molecule has 0 saturated heterocycles. The topological polar surface area (TPSA) is 173 Å². The van der Waals surface area contributed by atoms with E-state index in [1.54, 1.807) is 0 Å². The van der Waals surface area contributed by atoms with Gasteiger partial charge in [0, 0.05) is 19.1 Å². The molecule has 2 unspecified atom stereocenters. The van der Waals surface area contributed by atoms with Gasteiger partial charge in [-0.15, -0.1) is 0 Å². The van der Waals surface area contributed by atoms with Gasteiger partial charge < -0.3 is 33.4 Å². The highest BCUT2D eigenvalue weighted by Crippen LogP contribution is 2.11. The molecule has 0 fully saturated rings. The van der Waals surface area contributed by atoms with Crippen LogP contribution in [-0.2, 0) is 0 Å². The Morgan fingerprint density at radius 2 is 1.57 bits per heavy atom. The molecule has 0 aromatic rings. The molecule has 0 aromatic carbocycles.